The Labute approximate surface area is 111 Å². The molecule has 1 aromatic carbocycles. The largest absolute Gasteiger partial charge is 0.352 e. The van der Waals surface area contributed by atoms with Crippen LogP contribution in [0.5, 0.6) is 0 Å². The Morgan fingerprint density at radius 3 is 3.00 bits per heavy atom. The van der Waals surface area contributed by atoms with Crippen molar-refractivity contribution in [1.29, 1.82) is 0 Å². The summed E-state index contributed by atoms with van der Waals surface area (Å²) in [6, 6.07) is 8.43. The summed E-state index contributed by atoms with van der Waals surface area (Å²) in [5.74, 6) is 1.57. The predicted molar refractivity (Wildman–Crippen MR) is 72.9 cm³/mol. The molecule has 0 fully saturated rings. The molecule has 94 valence electrons. The molecule has 1 N–H and O–H groups in total. The summed E-state index contributed by atoms with van der Waals surface area (Å²) in [7, 11) is 0. The molecule has 5 heteroatoms. The molecule has 3 rings (SSSR count). The van der Waals surface area contributed by atoms with Gasteiger partial charge in [0.25, 0.3) is 0 Å². The Hall–Kier alpha value is -1.55. The average molecular weight is 263 g/mol. The number of benzene rings is 1. The van der Waals surface area contributed by atoms with E-state index >= 15 is 0 Å². The Morgan fingerprint density at radius 1 is 1.39 bits per heavy atom. The summed E-state index contributed by atoms with van der Waals surface area (Å²) in [6.45, 7) is 4.32. The lowest BCUT2D eigenvalue weighted by Gasteiger charge is -2.26. The molecule has 1 aliphatic heterocycles. The molecule has 4 nitrogen and oxygen atoms in total. The fourth-order valence-corrected chi connectivity index (χ4v) is 2.56. The topological polar surface area (TPSA) is 42.7 Å². The molecule has 0 saturated heterocycles. The summed E-state index contributed by atoms with van der Waals surface area (Å²) in [5, 5.41) is 8.62. The molecule has 0 aliphatic carbocycles. The third-order valence-electron chi connectivity index (χ3n) is 3.20. The Bertz CT molecular complexity index is 578. The first-order valence-electron chi connectivity index (χ1n) is 6.12. The van der Waals surface area contributed by atoms with Gasteiger partial charge in [0.05, 0.1) is 6.04 Å². The molecule has 2 atom stereocenters. The van der Waals surface area contributed by atoms with Crippen LogP contribution in [0.25, 0.3) is 11.4 Å². The fraction of sp³-hybridized carbons (Fsp3) is 0.385. The van der Waals surface area contributed by atoms with E-state index in [9.17, 15) is 0 Å². The highest BCUT2D eigenvalue weighted by molar-refractivity contribution is 6.30. The fourth-order valence-electron chi connectivity index (χ4n) is 2.37. The number of hydrogen-bond acceptors (Lipinski definition) is 3. The van der Waals surface area contributed by atoms with Gasteiger partial charge in [0, 0.05) is 16.6 Å². The molecule has 0 saturated carbocycles. The van der Waals surface area contributed by atoms with E-state index in [1.165, 1.54) is 0 Å². The highest BCUT2D eigenvalue weighted by Crippen LogP contribution is 2.28. The van der Waals surface area contributed by atoms with Gasteiger partial charge in [-0.05, 0) is 32.4 Å². The minimum absolute atomic E-state index is 0.372. The van der Waals surface area contributed by atoms with Crippen LogP contribution >= 0.6 is 11.6 Å². The second-order valence-electron chi connectivity index (χ2n) is 4.84. The lowest BCUT2D eigenvalue weighted by Crippen LogP contribution is -2.29. The van der Waals surface area contributed by atoms with Crippen LogP contribution in [0.2, 0.25) is 5.02 Å². The summed E-state index contributed by atoms with van der Waals surface area (Å²) in [4.78, 5) is 4.55. The van der Waals surface area contributed by atoms with E-state index < -0.39 is 0 Å². The van der Waals surface area contributed by atoms with E-state index in [1.54, 1.807) is 0 Å². The van der Waals surface area contributed by atoms with E-state index in [2.05, 4.69) is 29.2 Å². The molecular formula is C13H15ClN4. The molecule has 1 aromatic heterocycles. The molecule has 0 amide bonds. The van der Waals surface area contributed by atoms with E-state index in [0.717, 1.165) is 23.8 Å². The zero-order valence-electron chi connectivity index (χ0n) is 10.4. The third-order valence-corrected chi connectivity index (χ3v) is 3.44. The lowest BCUT2D eigenvalue weighted by atomic mass is 10.1. The Kier molecular flexibility index (Phi) is 2.74. The van der Waals surface area contributed by atoms with Gasteiger partial charge in [0.2, 0.25) is 5.95 Å². The van der Waals surface area contributed by atoms with Gasteiger partial charge < -0.3 is 5.32 Å². The number of rotatable bonds is 1. The first-order chi connectivity index (χ1) is 8.63. The van der Waals surface area contributed by atoms with Crippen molar-refractivity contribution in [3.8, 4) is 11.4 Å². The molecular weight excluding hydrogens is 248 g/mol. The van der Waals surface area contributed by atoms with Gasteiger partial charge >= 0.3 is 0 Å². The predicted octanol–water partition coefficient (Wildman–Crippen LogP) is 3.36. The van der Waals surface area contributed by atoms with Crippen LogP contribution in [0.15, 0.2) is 24.3 Å². The summed E-state index contributed by atoms with van der Waals surface area (Å²) >= 11 is 6.00. The quantitative estimate of drug-likeness (QED) is 0.857. The molecule has 2 heterocycles. The first-order valence-corrected chi connectivity index (χ1v) is 6.50. The van der Waals surface area contributed by atoms with E-state index in [1.807, 2.05) is 28.9 Å². The second kappa shape index (κ2) is 4.28. The smallest absolute Gasteiger partial charge is 0.222 e. The number of nitrogens with zero attached hydrogens (tertiary/aromatic N) is 3. The zero-order chi connectivity index (χ0) is 12.7. The van der Waals surface area contributed by atoms with Crippen molar-refractivity contribution < 1.29 is 0 Å². The summed E-state index contributed by atoms with van der Waals surface area (Å²) in [6.07, 6.45) is 1.06. The normalized spacial score (nSPS) is 22.4. The molecule has 0 spiro atoms. The first kappa shape index (κ1) is 11.5. The Balaban J connectivity index is 2.03. The SMILES string of the molecule is CC1CC(C)n2nc(-c3cccc(Cl)c3)nc2N1. The van der Waals surface area contributed by atoms with Gasteiger partial charge in [0.1, 0.15) is 0 Å². The maximum absolute atomic E-state index is 6.00. The minimum atomic E-state index is 0.372. The number of aromatic nitrogens is 3. The maximum atomic E-state index is 6.00. The Morgan fingerprint density at radius 2 is 2.22 bits per heavy atom. The van der Waals surface area contributed by atoms with Gasteiger partial charge in [-0.3, -0.25) is 0 Å². The van der Waals surface area contributed by atoms with Crippen LogP contribution in [0.4, 0.5) is 5.95 Å². The van der Waals surface area contributed by atoms with Gasteiger partial charge in [-0.2, -0.15) is 4.98 Å². The number of nitrogens with one attached hydrogen (secondary N) is 1. The van der Waals surface area contributed by atoms with E-state index in [0.29, 0.717) is 17.1 Å². The summed E-state index contributed by atoms with van der Waals surface area (Å²) in [5.41, 5.74) is 0.950. The van der Waals surface area contributed by atoms with Crippen molar-refractivity contribution in [2.75, 3.05) is 5.32 Å². The van der Waals surface area contributed by atoms with Crippen LogP contribution in [0.1, 0.15) is 26.3 Å². The highest BCUT2D eigenvalue weighted by Gasteiger charge is 2.23. The molecule has 2 unspecified atom stereocenters. The van der Waals surface area contributed by atoms with Crippen molar-refractivity contribution in [3.05, 3.63) is 29.3 Å². The van der Waals surface area contributed by atoms with Crippen LogP contribution in [-0.2, 0) is 0 Å². The molecule has 2 aromatic rings. The monoisotopic (exact) mass is 262 g/mol. The second-order valence-corrected chi connectivity index (χ2v) is 5.28. The number of fused-ring (bicyclic) bond motifs is 1. The zero-order valence-corrected chi connectivity index (χ0v) is 11.1. The van der Waals surface area contributed by atoms with Crippen molar-refractivity contribution >= 4 is 17.5 Å². The van der Waals surface area contributed by atoms with Crippen molar-refractivity contribution in [2.45, 2.75) is 32.4 Å². The van der Waals surface area contributed by atoms with Crippen LogP contribution in [0, 0.1) is 0 Å². The van der Waals surface area contributed by atoms with Gasteiger partial charge in [-0.25, -0.2) is 4.68 Å². The maximum Gasteiger partial charge on any atom is 0.222 e. The molecule has 0 radical (unpaired) electrons. The van der Waals surface area contributed by atoms with E-state index in [4.69, 9.17) is 11.6 Å². The molecule has 18 heavy (non-hydrogen) atoms. The van der Waals surface area contributed by atoms with Gasteiger partial charge in [0.15, 0.2) is 5.82 Å². The third kappa shape index (κ3) is 1.97. The molecule has 1 aliphatic rings. The highest BCUT2D eigenvalue weighted by atomic mass is 35.5. The number of halogens is 1. The van der Waals surface area contributed by atoms with Crippen molar-refractivity contribution in [1.82, 2.24) is 14.8 Å². The standard InChI is InChI=1S/C13H15ClN4/c1-8-6-9(2)18-13(15-8)16-12(17-18)10-4-3-5-11(14)7-10/h3-5,7-9H,6H2,1-2H3,(H,15,16,17). The van der Waals surface area contributed by atoms with Crippen LogP contribution in [0.3, 0.4) is 0 Å². The average Bonchev–Trinajstić information content (AvgIpc) is 2.73. The minimum Gasteiger partial charge on any atom is -0.352 e. The summed E-state index contributed by atoms with van der Waals surface area (Å²) < 4.78 is 1.95. The van der Waals surface area contributed by atoms with Crippen LogP contribution < -0.4 is 5.32 Å². The number of hydrogen-bond donors (Lipinski definition) is 1. The van der Waals surface area contributed by atoms with Crippen molar-refractivity contribution in [3.63, 3.8) is 0 Å². The lowest BCUT2D eigenvalue weighted by molar-refractivity contribution is 0.412. The van der Waals surface area contributed by atoms with Crippen molar-refractivity contribution in [2.24, 2.45) is 0 Å². The van der Waals surface area contributed by atoms with Gasteiger partial charge in [-0.1, -0.05) is 23.7 Å². The van der Waals surface area contributed by atoms with Gasteiger partial charge in [-0.15, -0.1) is 5.10 Å². The van der Waals surface area contributed by atoms with E-state index in [-0.39, 0.29) is 0 Å². The van der Waals surface area contributed by atoms with Crippen LogP contribution in [-0.4, -0.2) is 20.8 Å². The number of anilines is 1. The molecule has 0 bridgehead atoms.